The van der Waals surface area contributed by atoms with Crippen molar-refractivity contribution in [2.45, 2.75) is 32.9 Å². The molecule has 1 heterocycles. The summed E-state index contributed by atoms with van der Waals surface area (Å²) < 4.78 is 13.0. The standard InChI is InChI=1S/C21H25FN2O/c1-16-4-6-17(7-5-16)13-23-21(25)19-3-2-12-24(15-19)14-18-8-10-20(22)11-9-18/h4-11,19H,2-3,12-15H2,1H3,(H,23,25). The van der Waals surface area contributed by atoms with Gasteiger partial charge in [0.25, 0.3) is 0 Å². The van der Waals surface area contributed by atoms with Crippen LogP contribution in [-0.2, 0) is 17.9 Å². The molecule has 0 radical (unpaired) electrons. The van der Waals surface area contributed by atoms with Crippen LogP contribution in [0.2, 0.25) is 0 Å². The smallest absolute Gasteiger partial charge is 0.224 e. The molecule has 3 rings (SSSR count). The third-order valence-electron chi connectivity index (χ3n) is 4.78. The fourth-order valence-corrected chi connectivity index (χ4v) is 3.30. The van der Waals surface area contributed by atoms with Gasteiger partial charge in [0, 0.05) is 19.6 Å². The number of nitrogens with one attached hydrogen (secondary N) is 1. The van der Waals surface area contributed by atoms with E-state index >= 15 is 0 Å². The number of amides is 1. The fraction of sp³-hybridized carbons (Fsp3) is 0.381. The van der Waals surface area contributed by atoms with Crippen LogP contribution in [0.15, 0.2) is 48.5 Å². The second kappa shape index (κ2) is 8.26. The SMILES string of the molecule is Cc1ccc(CNC(=O)C2CCCN(Cc3ccc(F)cc3)C2)cc1. The molecule has 0 spiro atoms. The monoisotopic (exact) mass is 340 g/mol. The van der Waals surface area contributed by atoms with Crippen molar-refractivity contribution in [3.63, 3.8) is 0 Å². The Morgan fingerprint density at radius 3 is 2.52 bits per heavy atom. The molecule has 1 atom stereocenters. The van der Waals surface area contributed by atoms with Crippen molar-refractivity contribution in [3.05, 3.63) is 71.0 Å². The zero-order valence-electron chi connectivity index (χ0n) is 14.7. The van der Waals surface area contributed by atoms with E-state index in [1.807, 2.05) is 12.1 Å². The van der Waals surface area contributed by atoms with Gasteiger partial charge in [0.1, 0.15) is 5.82 Å². The van der Waals surface area contributed by atoms with Gasteiger partial charge in [-0.3, -0.25) is 9.69 Å². The fourth-order valence-electron chi connectivity index (χ4n) is 3.30. The van der Waals surface area contributed by atoms with Gasteiger partial charge < -0.3 is 5.32 Å². The number of hydrogen-bond acceptors (Lipinski definition) is 2. The molecule has 3 nitrogen and oxygen atoms in total. The first-order chi connectivity index (χ1) is 12.1. The minimum Gasteiger partial charge on any atom is -0.352 e. The topological polar surface area (TPSA) is 32.3 Å². The number of piperidine rings is 1. The first-order valence-corrected chi connectivity index (χ1v) is 8.90. The Hall–Kier alpha value is -2.20. The van der Waals surface area contributed by atoms with E-state index in [0.29, 0.717) is 6.54 Å². The van der Waals surface area contributed by atoms with Crippen molar-refractivity contribution >= 4 is 5.91 Å². The maximum absolute atomic E-state index is 13.0. The molecule has 2 aromatic carbocycles. The molecule has 4 heteroatoms. The van der Waals surface area contributed by atoms with E-state index in [1.54, 1.807) is 0 Å². The number of nitrogens with zero attached hydrogens (tertiary/aromatic N) is 1. The van der Waals surface area contributed by atoms with E-state index in [0.717, 1.165) is 43.6 Å². The minimum absolute atomic E-state index is 0.0275. The third kappa shape index (κ3) is 5.13. The first-order valence-electron chi connectivity index (χ1n) is 8.90. The molecular weight excluding hydrogens is 315 g/mol. The van der Waals surface area contributed by atoms with Crippen molar-refractivity contribution in [2.75, 3.05) is 13.1 Å². The van der Waals surface area contributed by atoms with Gasteiger partial charge in [0.2, 0.25) is 5.91 Å². The number of rotatable bonds is 5. The average Bonchev–Trinajstić information content (AvgIpc) is 2.63. The van der Waals surface area contributed by atoms with Gasteiger partial charge in [0.15, 0.2) is 0 Å². The number of likely N-dealkylation sites (tertiary alicyclic amines) is 1. The molecule has 1 unspecified atom stereocenters. The summed E-state index contributed by atoms with van der Waals surface area (Å²) in [6.45, 7) is 5.14. The highest BCUT2D eigenvalue weighted by Gasteiger charge is 2.25. The Kier molecular flexibility index (Phi) is 5.82. The van der Waals surface area contributed by atoms with E-state index in [4.69, 9.17) is 0 Å². The lowest BCUT2D eigenvalue weighted by Crippen LogP contribution is -2.42. The molecule has 2 aromatic rings. The summed E-state index contributed by atoms with van der Waals surface area (Å²) in [7, 11) is 0. The van der Waals surface area contributed by atoms with E-state index in [1.165, 1.54) is 17.7 Å². The molecule has 0 bridgehead atoms. The lowest BCUT2D eigenvalue weighted by molar-refractivity contribution is -0.126. The molecule has 1 aliphatic rings. The molecule has 1 aliphatic heterocycles. The van der Waals surface area contributed by atoms with E-state index < -0.39 is 0 Å². The van der Waals surface area contributed by atoms with Crippen molar-refractivity contribution in [1.82, 2.24) is 10.2 Å². The van der Waals surface area contributed by atoms with Gasteiger partial charge in [-0.05, 0) is 49.6 Å². The molecule has 25 heavy (non-hydrogen) atoms. The Bertz CT molecular complexity index is 697. The summed E-state index contributed by atoms with van der Waals surface area (Å²) in [6, 6.07) is 14.8. The minimum atomic E-state index is -0.212. The Morgan fingerprint density at radius 1 is 1.12 bits per heavy atom. The summed E-state index contributed by atoms with van der Waals surface area (Å²) in [4.78, 5) is 14.8. The van der Waals surface area contributed by atoms with Gasteiger partial charge in [-0.15, -0.1) is 0 Å². The average molecular weight is 340 g/mol. The van der Waals surface area contributed by atoms with E-state index in [9.17, 15) is 9.18 Å². The second-order valence-electron chi connectivity index (χ2n) is 6.90. The highest BCUT2D eigenvalue weighted by Crippen LogP contribution is 2.19. The molecule has 132 valence electrons. The quantitative estimate of drug-likeness (QED) is 0.901. The lowest BCUT2D eigenvalue weighted by atomic mass is 9.96. The van der Waals surface area contributed by atoms with Gasteiger partial charge in [-0.1, -0.05) is 42.0 Å². The van der Waals surface area contributed by atoms with Crippen LogP contribution in [0.4, 0.5) is 4.39 Å². The molecule has 1 amide bonds. The second-order valence-corrected chi connectivity index (χ2v) is 6.90. The molecule has 0 aromatic heterocycles. The number of halogens is 1. The predicted octanol–water partition coefficient (Wildman–Crippen LogP) is 3.66. The predicted molar refractivity (Wildman–Crippen MR) is 97.4 cm³/mol. The van der Waals surface area contributed by atoms with E-state index in [-0.39, 0.29) is 17.6 Å². The lowest BCUT2D eigenvalue weighted by Gasteiger charge is -2.32. The maximum atomic E-state index is 13.0. The van der Waals surface area contributed by atoms with Gasteiger partial charge in [-0.25, -0.2) is 4.39 Å². The molecule has 0 saturated carbocycles. The maximum Gasteiger partial charge on any atom is 0.224 e. The molecule has 1 fully saturated rings. The van der Waals surface area contributed by atoms with Crippen LogP contribution >= 0.6 is 0 Å². The van der Waals surface area contributed by atoms with E-state index in [2.05, 4.69) is 41.4 Å². The summed E-state index contributed by atoms with van der Waals surface area (Å²) in [5.41, 5.74) is 3.43. The van der Waals surface area contributed by atoms with Crippen molar-refractivity contribution < 1.29 is 9.18 Å². The van der Waals surface area contributed by atoms with Crippen molar-refractivity contribution in [1.29, 1.82) is 0 Å². The Balaban J connectivity index is 1.50. The highest BCUT2D eigenvalue weighted by molar-refractivity contribution is 5.78. The molecular formula is C21H25FN2O. The van der Waals surface area contributed by atoms with Crippen LogP contribution in [0, 0.1) is 18.7 Å². The number of benzene rings is 2. The highest BCUT2D eigenvalue weighted by atomic mass is 19.1. The number of aryl methyl sites for hydroxylation is 1. The van der Waals surface area contributed by atoms with Gasteiger partial charge >= 0.3 is 0 Å². The number of carbonyl (C=O) groups is 1. The summed E-state index contributed by atoms with van der Waals surface area (Å²) >= 11 is 0. The zero-order valence-corrected chi connectivity index (χ0v) is 14.7. The molecule has 1 N–H and O–H groups in total. The van der Waals surface area contributed by atoms with Gasteiger partial charge in [-0.2, -0.15) is 0 Å². The third-order valence-corrected chi connectivity index (χ3v) is 4.78. The van der Waals surface area contributed by atoms with Crippen molar-refractivity contribution in [3.8, 4) is 0 Å². The van der Waals surface area contributed by atoms with Crippen LogP contribution in [-0.4, -0.2) is 23.9 Å². The Labute approximate surface area is 148 Å². The largest absolute Gasteiger partial charge is 0.352 e. The first kappa shape index (κ1) is 17.6. The summed E-state index contributed by atoms with van der Waals surface area (Å²) in [5, 5.41) is 3.06. The van der Waals surface area contributed by atoms with Crippen LogP contribution in [0.1, 0.15) is 29.5 Å². The van der Waals surface area contributed by atoms with Crippen molar-refractivity contribution in [2.24, 2.45) is 5.92 Å². The number of hydrogen-bond donors (Lipinski definition) is 1. The summed E-state index contributed by atoms with van der Waals surface area (Å²) in [6.07, 6.45) is 1.95. The zero-order chi connectivity index (χ0) is 17.6. The summed E-state index contributed by atoms with van der Waals surface area (Å²) in [5.74, 6) is -0.0558. The van der Waals surface area contributed by atoms with Gasteiger partial charge in [0.05, 0.1) is 5.92 Å². The van der Waals surface area contributed by atoms with Crippen LogP contribution < -0.4 is 5.32 Å². The van der Waals surface area contributed by atoms with Crippen LogP contribution in [0.5, 0.6) is 0 Å². The Morgan fingerprint density at radius 2 is 1.80 bits per heavy atom. The normalized spacial score (nSPS) is 18.1. The van der Waals surface area contributed by atoms with Crippen LogP contribution in [0.25, 0.3) is 0 Å². The molecule has 0 aliphatic carbocycles. The number of carbonyl (C=O) groups excluding carboxylic acids is 1. The molecule has 1 saturated heterocycles. The van der Waals surface area contributed by atoms with Crippen LogP contribution in [0.3, 0.4) is 0 Å².